The van der Waals surface area contributed by atoms with Crippen molar-refractivity contribution in [1.82, 2.24) is 4.90 Å². The molecule has 0 spiro atoms. The predicted octanol–water partition coefficient (Wildman–Crippen LogP) is 0.308. The van der Waals surface area contributed by atoms with E-state index >= 15 is 0 Å². The first kappa shape index (κ1) is 20.7. The van der Waals surface area contributed by atoms with Crippen molar-refractivity contribution >= 4 is 5.91 Å². The summed E-state index contributed by atoms with van der Waals surface area (Å²) in [6, 6.07) is 16.4. The highest BCUT2D eigenvalue weighted by Crippen LogP contribution is 2.32. The maximum atomic E-state index is 13.4. The van der Waals surface area contributed by atoms with Gasteiger partial charge in [0.1, 0.15) is 32.7 Å². The lowest BCUT2D eigenvalue weighted by Crippen LogP contribution is -3.28. The van der Waals surface area contributed by atoms with Crippen LogP contribution in [0, 0.1) is 0 Å². The van der Waals surface area contributed by atoms with Gasteiger partial charge in [-0.05, 0) is 32.0 Å². The van der Waals surface area contributed by atoms with Crippen molar-refractivity contribution < 1.29 is 24.1 Å². The number of ether oxygens (including phenoxy) is 2. The third kappa shape index (κ3) is 4.45. The van der Waals surface area contributed by atoms with E-state index in [9.17, 15) is 4.79 Å². The van der Waals surface area contributed by atoms with Crippen molar-refractivity contribution in [2.24, 2.45) is 0 Å². The second-order valence-electron chi connectivity index (χ2n) is 8.13. The average Bonchev–Trinajstić information content (AvgIpc) is 3.25. The summed E-state index contributed by atoms with van der Waals surface area (Å²) >= 11 is 0. The molecule has 4 rings (SSSR count). The summed E-state index contributed by atoms with van der Waals surface area (Å²) in [7, 11) is 0. The quantitative estimate of drug-likeness (QED) is 0.690. The molecule has 1 atom stereocenters. The molecule has 0 aliphatic carbocycles. The standard InChI is InChI=1S/C24H31N3O3/c1-3-26(4-2)24(28)23(20-8-6-5-7-9-20)27-14-12-25(13-15-27)17-19-10-11-21-22(16-19)30-18-29-21/h5-11,16,23H,3-4,12-15,17-18H2,1-2H3/p+2/t23-/m0/s1. The molecule has 2 aliphatic rings. The number of piperazine rings is 1. The molecule has 2 heterocycles. The van der Waals surface area contributed by atoms with Gasteiger partial charge in [0.2, 0.25) is 6.79 Å². The minimum absolute atomic E-state index is 0.113. The van der Waals surface area contributed by atoms with Crippen LogP contribution in [-0.4, -0.2) is 56.9 Å². The molecule has 2 aromatic rings. The number of carbonyl (C=O) groups is 1. The van der Waals surface area contributed by atoms with Gasteiger partial charge in [-0.25, -0.2) is 0 Å². The van der Waals surface area contributed by atoms with Crippen LogP contribution in [0.1, 0.15) is 31.0 Å². The molecule has 1 saturated heterocycles. The zero-order valence-electron chi connectivity index (χ0n) is 18.0. The maximum Gasteiger partial charge on any atom is 0.285 e. The van der Waals surface area contributed by atoms with Gasteiger partial charge in [-0.15, -0.1) is 0 Å². The minimum atomic E-state index is -0.113. The Morgan fingerprint density at radius 1 is 0.967 bits per heavy atom. The van der Waals surface area contributed by atoms with Crippen LogP contribution in [0.3, 0.4) is 0 Å². The molecule has 1 fully saturated rings. The fourth-order valence-electron chi connectivity index (χ4n) is 4.65. The largest absolute Gasteiger partial charge is 0.454 e. The molecule has 1 amide bonds. The molecule has 2 aliphatic heterocycles. The number of likely N-dealkylation sites (N-methyl/N-ethyl adjacent to an activating group) is 1. The number of carbonyl (C=O) groups excluding carboxylic acids is 1. The van der Waals surface area contributed by atoms with E-state index in [4.69, 9.17) is 9.47 Å². The van der Waals surface area contributed by atoms with Crippen LogP contribution in [0.5, 0.6) is 11.5 Å². The molecule has 30 heavy (non-hydrogen) atoms. The lowest BCUT2D eigenvalue weighted by Gasteiger charge is -2.36. The number of nitrogens with zero attached hydrogens (tertiary/aromatic N) is 1. The normalized spacial score (nSPS) is 21.3. The van der Waals surface area contributed by atoms with Gasteiger partial charge in [0.05, 0.1) is 0 Å². The molecule has 160 valence electrons. The van der Waals surface area contributed by atoms with E-state index in [-0.39, 0.29) is 11.9 Å². The highest BCUT2D eigenvalue weighted by Gasteiger charge is 2.37. The topological polar surface area (TPSA) is 47.7 Å². The van der Waals surface area contributed by atoms with Crippen molar-refractivity contribution in [1.29, 1.82) is 0 Å². The van der Waals surface area contributed by atoms with E-state index in [2.05, 4.69) is 38.1 Å². The molecule has 6 heteroatoms. The summed E-state index contributed by atoms with van der Waals surface area (Å²) in [6.45, 7) is 11.0. The molecule has 0 aromatic heterocycles. The van der Waals surface area contributed by atoms with Crippen LogP contribution in [0.15, 0.2) is 48.5 Å². The Kier molecular flexibility index (Phi) is 6.55. The van der Waals surface area contributed by atoms with Gasteiger partial charge in [-0.2, -0.15) is 0 Å². The molecular formula is C24H33N3O3+2. The molecule has 2 aromatic carbocycles. The Morgan fingerprint density at radius 3 is 2.37 bits per heavy atom. The minimum Gasteiger partial charge on any atom is -0.454 e. The van der Waals surface area contributed by atoms with Gasteiger partial charge < -0.3 is 24.2 Å². The van der Waals surface area contributed by atoms with Gasteiger partial charge >= 0.3 is 0 Å². The summed E-state index contributed by atoms with van der Waals surface area (Å²) in [5, 5.41) is 0. The van der Waals surface area contributed by atoms with Gasteiger partial charge in [0, 0.05) is 24.2 Å². The second-order valence-corrected chi connectivity index (χ2v) is 8.13. The number of fused-ring (bicyclic) bond motifs is 1. The summed E-state index contributed by atoms with van der Waals surface area (Å²) in [5.41, 5.74) is 2.40. The Morgan fingerprint density at radius 2 is 1.67 bits per heavy atom. The number of hydrogen-bond acceptors (Lipinski definition) is 3. The van der Waals surface area contributed by atoms with E-state index in [1.807, 2.05) is 29.2 Å². The monoisotopic (exact) mass is 411 g/mol. The summed E-state index contributed by atoms with van der Waals surface area (Å²) in [6.07, 6.45) is 0. The van der Waals surface area contributed by atoms with Crippen molar-refractivity contribution in [2.45, 2.75) is 26.4 Å². The summed E-state index contributed by atoms with van der Waals surface area (Å²) < 4.78 is 10.9. The Bertz CT molecular complexity index is 846. The Hall–Kier alpha value is -2.57. The lowest BCUT2D eigenvalue weighted by atomic mass is 10.0. The first-order chi connectivity index (χ1) is 14.7. The van der Waals surface area contributed by atoms with Crippen LogP contribution in [0.25, 0.3) is 0 Å². The van der Waals surface area contributed by atoms with Gasteiger partial charge in [-0.3, -0.25) is 4.79 Å². The van der Waals surface area contributed by atoms with Crippen LogP contribution < -0.4 is 19.3 Å². The summed E-state index contributed by atoms with van der Waals surface area (Å²) in [4.78, 5) is 18.3. The predicted molar refractivity (Wildman–Crippen MR) is 115 cm³/mol. The average molecular weight is 412 g/mol. The van der Waals surface area contributed by atoms with E-state index in [0.29, 0.717) is 6.79 Å². The fourth-order valence-corrected chi connectivity index (χ4v) is 4.65. The van der Waals surface area contributed by atoms with Crippen molar-refractivity contribution in [3.8, 4) is 11.5 Å². The molecule has 0 unspecified atom stereocenters. The first-order valence-electron chi connectivity index (χ1n) is 11.1. The van der Waals surface area contributed by atoms with Gasteiger partial charge in [-0.1, -0.05) is 30.3 Å². The van der Waals surface area contributed by atoms with Crippen LogP contribution in [0.2, 0.25) is 0 Å². The number of amides is 1. The van der Waals surface area contributed by atoms with E-state index < -0.39 is 0 Å². The van der Waals surface area contributed by atoms with E-state index in [1.54, 1.807) is 4.90 Å². The maximum absolute atomic E-state index is 13.4. The summed E-state index contributed by atoms with van der Waals surface area (Å²) in [5.74, 6) is 1.94. The highest BCUT2D eigenvalue weighted by molar-refractivity contribution is 5.82. The highest BCUT2D eigenvalue weighted by atomic mass is 16.7. The van der Waals surface area contributed by atoms with Gasteiger partial charge in [0.15, 0.2) is 17.5 Å². The smallest absolute Gasteiger partial charge is 0.285 e. The van der Waals surface area contributed by atoms with Crippen molar-refractivity contribution in [3.05, 3.63) is 59.7 Å². The molecule has 0 bridgehead atoms. The SMILES string of the molecule is CCN(CC)C(=O)[C@H](c1ccccc1)[NH+]1CC[NH+](Cc2ccc3c(c2)OCO3)CC1. The molecule has 0 saturated carbocycles. The molecule has 2 N–H and O–H groups in total. The number of benzene rings is 2. The third-order valence-electron chi connectivity index (χ3n) is 6.35. The molecule has 0 radical (unpaired) electrons. The van der Waals surface area contributed by atoms with E-state index in [0.717, 1.165) is 62.9 Å². The zero-order valence-corrected chi connectivity index (χ0v) is 18.0. The zero-order chi connectivity index (χ0) is 20.9. The molecule has 6 nitrogen and oxygen atoms in total. The molecular weight excluding hydrogens is 378 g/mol. The third-order valence-corrected chi connectivity index (χ3v) is 6.35. The van der Waals surface area contributed by atoms with E-state index in [1.165, 1.54) is 10.5 Å². The van der Waals surface area contributed by atoms with Crippen LogP contribution in [0.4, 0.5) is 0 Å². The number of hydrogen-bond donors (Lipinski definition) is 2. The lowest BCUT2D eigenvalue weighted by molar-refractivity contribution is -1.03. The van der Waals surface area contributed by atoms with Crippen molar-refractivity contribution in [2.75, 3.05) is 46.1 Å². The number of nitrogens with one attached hydrogen (secondary N) is 2. The fraction of sp³-hybridized carbons (Fsp3) is 0.458. The Labute approximate surface area is 179 Å². The second kappa shape index (κ2) is 9.49. The first-order valence-corrected chi connectivity index (χ1v) is 11.1. The van der Waals surface area contributed by atoms with Crippen LogP contribution >= 0.6 is 0 Å². The van der Waals surface area contributed by atoms with Crippen molar-refractivity contribution in [3.63, 3.8) is 0 Å². The van der Waals surface area contributed by atoms with Gasteiger partial charge in [0.25, 0.3) is 5.91 Å². The number of rotatable bonds is 7. The Balaban J connectivity index is 1.43. The number of quaternary nitrogens is 2. The van der Waals surface area contributed by atoms with Crippen LogP contribution in [-0.2, 0) is 11.3 Å².